The summed E-state index contributed by atoms with van der Waals surface area (Å²) in [6, 6.07) is 6.26. The van der Waals surface area contributed by atoms with Gasteiger partial charge in [-0.3, -0.25) is 0 Å². The third-order valence-electron chi connectivity index (χ3n) is 3.56. The Morgan fingerprint density at radius 2 is 2.09 bits per heavy atom. The minimum absolute atomic E-state index is 0.0480. The zero-order valence-electron chi connectivity index (χ0n) is 12.1. The van der Waals surface area contributed by atoms with Crippen molar-refractivity contribution in [2.45, 2.75) is 19.3 Å². The lowest BCUT2D eigenvalue weighted by Gasteiger charge is -2.25. The summed E-state index contributed by atoms with van der Waals surface area (Å²) in [5, 5.41) is 5.61. The van der Waals surface area contributed by atoms with Gasteiger partial charge in [0.15, 0.2) is 0 Å². The maximum atomic E-state index is 11.8. The SMILES string of the molecule is O=C(NCCS(=O)(=O)NCC1CCC1)Nc1cccc(Cl)c1. The summed E-state index contributed by atoms with van der Waals surface area (Å²) in [4.78, 5) is 11.7. The van der Waals surface area contributed by atoms with Gasteiger partial charge in [-0.15, -0.1) is 0 Å². The maximum Gasteiger partial charge on any atom is 0.319 e. The van der Waals surface area contributed by atoms with Gasteiger partial charge in [0.05, 0.1) is 5.75 Å². The van der Waals surface area contributed by atoms with Gasteiger partial charge in [0.25, 0.3) is 0 Å². The van der Waals surface area contributed by atoms with Crippen molar-refractivity contribution in [2.24, 2.45) is 5.92 Å². The molecule has 0 heterocycles. The molecule has 22 heavy (non-hydrogen) atoms. The first-order chi connectivity index (χ1) is 10.4. The fraction of sp³-hybridized carbons (Fsp3) is 0.500. The van der Waals surface area contributed by atoms with Crippen molar-refractivity contribution < 1.29 is 13.2 Å². The molecule has 0 aromatic heterocycles. The lowest BCUT2D eigenvalue weighted by Crippen LogP contribution is -2.38. The van der Waals surface area contributed by atoms with Gasteiger partial charge >= 0.3 is 6.03 Å². The molecule has 6 nitrogen and oxygen atoms in total. The molecule has 0 unspecified atom stereocenters. The molecular weight excluding hydrogens is 326 g/mol. The van der Waals surface area contributed by atoms with Crippen LogP contribution in [0, 0.1) is 5.92 Å². The van der Waals surface area contributed by atoms with Crippen LogP contribution in [0.15, 0.2) is 24.3 Å². The Morgan fingerprint density at radius 1 is 1.32 bits per heavy atom. The molecule has 1 saturated carbocycles. The number of hydrogen-bond acceptors (Lipinski definition) is 3. The number of hydrogen-bond donors (Lipinski definition) is 3. The molecule has 3 N–H and O–H groups in total. The van der Waals surface area contributed by atoms with Crippen molar-refractivity contribution in [3.05, 3.63) is 29.3 Å². The molecule has 0 atom stereocenters. The van der Waals surface area contributed by atoms with Crippen molar-refractivity contribution in [2.75, 3.05) is 24.2 Å². The molecule has 0 bridgehead atoms. The second-order valence-corrected chi connectivity index (χ2v) is 7.72. The van der Waals surface area contributed by atoms with Gasteiger partial charge in [-0.1, -0.05) is 24.1 Å². The topological polar surface area (TPSA) is 87.3 Å². The Labute approximate surface area is 135 Å². The average molecular weight is 346 g/mol. The molecule has 1 aliphatic rings. The summed E-state index contributed by atoms with van der Waals surface area (Å²) in [6.45, 7) is 0.545. The van der Waals surface area contributed by atoms with E-state index >= 15 is 0 Å². The Balaban J connectivity index is 1.67. The highest BCUT2D eigenvalue weighted by atomic mass is 35.5. The van der Waals surface area contributed by atoms with Crippen molar-refractivity contribution in [1.82, 2.24) is 10.0 Å². The molecule has 0 aliphatic heterocycles. The van der Waals surface area contributed by atoms with Gasteiger partial charge in [-0.25, -0.2) is 17.9 Å². The third kappa shape index (κ3) is 5.82. The van der Waals surface area contributed by atoms with Crippen LogP contribution in [-0.4, -0.2) is 33.3 Å². The zero-order valence-corrected chi connectivity index (χ0v) is 13.7. The van der Waals surface area contributed by atoms with E-state index in [2.05, 4.69) is 15.4 Å². The molecule has 122 valence electrons. The highest BCUT2D eigenvalue weighted by molar-refractivity contribution is 7.89. The average Bonchev–Trinajstić information content (AvgIpc) is 2.36. The smallest absolute Gasteiger partial charge is 0.319 e. The molecule has 1 aromatic rings. The number of carbonyl (C=O) groups is 1. The monoisotopic (exact) mass is 345 g/mol. The normalized spacial score (nSPS) is 15.1. The van der Waals surface area contributed by atoms with Crippen molar-refractivity contribution >= 4 is 33.3 Å². The quantitative estimate of drug-likeness (QED) is 0.707. The molecule has 0 spiro atoms. The number of anilines is 1. The second-order valence-electron chi connectivity index (χ2n) is 5.36. The predicted molar refractivity (Wildman–Crippen MR) is 87.6 cm³/mol. The number of benzene rings is 1. The molecule has 1 aliphatic carbocycles. The fourth-order valence-electron chi connectivity index (χ4n) is 2.05. The van der Waals surface area contributed by atoms with Gasteiger partial charge in [0.1, 0.15) is 0 Å². The summed E-state index contributed by atoms with van der Waals surface area (Å²) in [5.74, 6) is 0.330. The van der Waals surface area contributed by atoms with E-state index in [4.69, 9.17) is 11.6 Å². The molecule has 0 saturated heterocycles. The molecule has 2 rings (SSSR count). The Morgan fingerprint density at radius 3 is 2.73 bits per heavy atom. The largest absolute Gasteiger partial charge is 0.337 e. The van der Waals surface area contributed by atoms with Gasteiger partial charge < -0.3 is 10.6 Å². The second kappa shape index (κ2) is 7.80. The fourth-order valence-corrected chi connectivity index (χ4v) is 3.25. The van der Waals surface area contributed by atoms with Gasteiger partial charge in [-0.2, -0.15) is 0 Å². The summed E-state index contributed by atoms with van der Waals surface area (Å²) in [7, 11) is -3.34. The molecular formula is C14H20ClN3O3S. The molecule has 2 amide bonds. The first kappa shape index (κ1) is 17.1. The minimum atomic E-state index is -3.34. The zero-order chi connectivity index (χ0) is 16.0. The van der Waals surface area contributed by atoms with Crippen molar-refractivity contribution in [3.63, 3.8) is 0 Å². The number of halogens is 1. The van der Waals surface area contributed by atoms with Crippen LogP contribution >= 0.6 is 11.6 Å². The van der Waals surface area contributed by atoms with E-state index in [1.807, 2.05) is 0 Å². The van der Waals surface area contributed by atoms with E-state index < -0.39 is 16.1 Å². The van der Waals surface area contributed by atoms with E-state index in [-0.39, 0.29) is 12.3 Å². The molecule has 1 fully saturated rings. The van der Waals surface area contributed by atoms with Crippen LogP contribution in [0.3, 0.4) is 0 Å². The van der Waals surface area contributed by atoms with Crippen LogP contribution in [0.5, 0.6) is 0 Å². The van der Waals surface area contributed by atoms with E-state index in [1.54, 1.807) is 24.3 Å². The molecule has 1 aromatic carbocycles. The van der Waals surface area contributed by atoms with E-state index in [0.29, 0.717) is 23.2 Å². The van der Waals surface area contributed by atoms with Crippen LogP contribution in [0.2, 0.25) is 5.02 Å². The Hall–Kier alpha value is -1.31. The highest BCUT2D eigenvalue weighted by Crippen LogP contribution is 2.25. The summed E-state index contributed by atoms with van der Waals surface area (Å²) >= 11 is 5.81. The summed E-state index contributed by atoms with van der Waals surface area (Å²) < 4.78 is 26.1. The number of carbonyl (C=O) groups excluding carboxylic acids is 1. The maximum absolute atomic E-state index is 11.8. The van der Waals surface area contributed by atoms with Crippen LogP contribution in [-0.2, 0) is 10.0 Å². The van der Waals surface area contributed by atoms with Crippen LogP contribution in [0.25, 0.3) is 0 Å². The number of nitrogens with one attached hydrogen (secondary N) is 3. The molecule has 0 radical (unpaired) electrons. The number of sulfonamides is 1. The Bertz CT molecular complexity index is 618. The summed E-state index contributed by atoms with van der Waals surface area (Å²) in [5.41, 5.74) is 0.552. The van der Waals surface area contributed by atoms with Crippen molar-refractivity contribution in [1.29, 1.82) is 0 Å². The number of amides is 2. The standard InChI is InChI=1S/C14H20ClN3O3S/c15-12-5-2-6-13(9-12)18-14(19)16-7-8-22(20,21)17-10-11-3-1-4-11/h2,5-6,9,11,17H,1,3-4,7-8,10H2,(H2,16,18,19). The lowest BCUT2D eigenvalue weighted by atomic mass is 9.86. The van der Waals surface area contributed by atoms with E-state index in [9.17, 15) is 13.2 Å². The highest BCUT2D eigenvalue weighted by Gasteiger charge is 2.20. The van der Waals surface area contributed by atoms with Crippen LogP contribution in [0.4, 0.5) is 10.5 Å². The van der Waals surface area contributed by atoms with Crippen molar-refractivity contribution in [3.8, 4) is 0 Å². The number of urea groups is 1. The van der Waals surface area contributed by atoms with Gasteiger partial charge in [0.2, 0.25) is 10.0 Å². The van der Waals surface area contributed by atoms with E-state index in [0.717, 1.165) is 12.8 Å². The number of rotatable bonds is 7. The van der Waals surface area contributed by atoms with Gasteiger partial charge in [-0.05, 0) is 37.0 Å². The molecule has 8 heteroatoms. The van der Waals surface area contributed by atoms with E-state index in [1.165, 1.54) is 6.42 Å². The Kier molecular flexibility index (Phi) is 6.05. The predicted octanol–water partition coefficient (Wildman–Crippen LogP) is 2.18. The third-order valence-corrected chi connectivity index (χ3v) is 5.14. The lowest BCUT2D eigenvalue weighted by molar-refractivity contribution is 0.252. The van der Waals surface area contributed by atoms with Gasteiger partial charge in [0, 0.05) is 23.8 Å². The van der Waals surface area contributed by atoms with Crippen LogP contribution < -0.4 is 15.4 Å². The first-order valence-corrected chi connectivity index (χ1v) is 9.25. The summed E-state index contributed by atoms with van der Waals surface area (Å²) in [6.07, 6.45) is 3.35. The first-order valence-electron chi connectivity index (χ1n) is 7.22. The minimum Gasteiger partial charge on any atom is -0.337 e. The van der Waals surface area contributed by atoms with Crippen LogP contribution in [0.1, 0.15) is 19.3 Å².